The molecule has 20 heavy (non-hydrogen) atoms. The van der Waals surface area contributed by atoms with Gasteiger partial charge in [-0.15, -0.1) is 0 Å². The maximum atomic E-state index is 12.0. The summed E-state index contributed by atoms with van der Waals surface area (Å²) in [5, 5.41) is 3.55. The van der Waals surface area contributed by atoms with Crippen LogP contribution >= 0.6 is 23.2 Å². The minimum absolute atomic E-state index is 0.167. The third-order valence-corrected chi connectivity index (χ3v) is 3.78. The van der Waals surface area contributed by atoms with E-state index in [0.29, 0.717) is 41.9 Å². The molecule has 0 atom stereocenters. The van der Waals surface area contributed by atoms with E-state index < -0.39 is 0 Å². The third kappa shape index (κ3) is 3.85. The molecule has 0 bridgehead atoms. The fourth-order valence-electron chi connectivity index (χ4n) is 2.03. The highest BCUT2D eigenvalue weighted by Crippen LogP contribution is 2.29. The van der Waals surface area contributed by atoms with E-state index in [9.17, 15) is 9.59 Å². The van der Waals surface area contributed by atoms with E-state index in [4.69, 9.17) is 23.2 Å². The lowest BCUT2D eigenvalue weighted by atomic mass is 10.3. The van der Waals surface area contributed by atoms with E-state index in [0.717, 1.165) is 6.41 Å². The first kappa shape index (κ1) is 15.1. The van der Waals surface area contributed by atoms with Crippen LogP contribution in [0.15, 0.2) is 18.2 Å². The van der Waals surface area contributed by atoms with E-state index in [-0.39, 0.29) is 12.5 Å². The van der Waals surface area contributed by atoms with Crippen molar-refractivity contribution in [3.8, 4) is 0 Å². The van der Waals surface area contributed by atoms with Gasteiger partial charge in [-0.3, -0.25) is 14.5 Å². The summed E-state index contributed by atoms with van der Waals surface area (Å²) >= 11 is 12.0. The molecule has 1 aliphatic heterocycles. The molecule has 108 valence electrons. The Bertz CT molecular complexity index is 482. The Morgan fingerprint density at radius 3 is 2.35 bits per heavy atom. The summed E-state index contributed by atoms with van der Waals surface area (Å²) in [6.45, 7) is 2.91. The zero-order valence-electron chi connectivity index (χ0n) is 10.8. The predicted octanol–water partition coefficient (Wildman–Crippen LogP) is 1.71. The van der Waals surface area contributed by atoms with Gasteiger partial charge in [-0.05, 0) is 12.1 Å². The van der Waals surface area contributed by atoms with E-state index in [1.54, 1.807) is 23.1 Å². The van der Waals surface area contributed by atoms with E-state index >= 15 is 0 Å². The SMILES string of the molecule is O=CN1CCN(CC(=O)Nc2c(Cl)cccc2Cl)CC1. The van der Waals surface area contributed by atoms with Gasteiger partial charge >= 0.3 is 0 Å². The topological polar surface area (TPSA) is 52.7 Å². The number of anilines is 1. The zero-order chi connectivity index (χ0) is 14.5. The van der Waals surface area contributed by atoms with Gasteiger partial charge < -0.3 is 10.2 Å². The smallest absolute Gasteiger partial charge is 0.238 e. The molecule has 7 heteroatoms. The van der Waals surface area contributed by atoms with Crippen molar-refractivity contribution in [2.75, 3.05) is 38.0 Å². The summed E-state index contributed by atoms with van der Waals surface area (Å²) in [5.41, 5.74) is 0.437. The van der Waals surface area contributed by atoms with Crippen LogP contribution in [0.5, 0.6) is 0 Å². The van der Waals surface area contributed by atoms with Crippen molar-refractivity contribution in [2.45, 2.75) is 0 Å². The van der Waals surface area contributed by atoms with Crippen molar-refractivity contribution in [1.82, 2.24) is 9.80 Å². The quantitative estimate of drug-likeness (QED) is 0.861. The average Bonchev–Trinajstić information content (AvgIpc) is 2.44. The molecule has 0 aromatic heterocycles. The zero-order valence-corrected chi connectivity index (χ0v) is 12.3. The Balaban J connectivity index is 1.88. The second-order valence-corrected chi connectivity index (χ2v) is 5.38. The van der Waals surface area contributed by atoms with Crippen molar-refractivity contribution in [3.63, 3.8) is 0 Å². The first-order valence-electron chi connectivity index (χ1n) is 6.25. The summed E-state index contributed by atoms with van der Waals surface area (Å²) in [6, 6.07) is 5.07. The number of nitrogens with zero attached hydrogens (tertiary/aromatic N) is 2. The Morgan fingerprint density at radius 1 is 1.20 bits per heavy atom. The van der Waals surface area contributed by atoms with Crippen LogP contribution in [0.1, 0.15) is 0 Å². The fraction of sp³-hybridized carbons (Fsp3) is 0.385. The number of para-hydroxylation sites is 1. The van der Waals surface area contributed by atoms with Crippen molar-refractivity contribution < 1.29 is 9.59 Å². The van der Waals surface area contributed by atoms with Gasteiger partial charge in [0.1, 0.15) is 0 Å². The molecule has 0 aliphatic carbocycles. The average molecular weight is 316 g/mol. The normalized spacial score (nSPS) is 16.0. The maximum Gasteiger partial charge on any atom is 0.238 e. The van der Waals surface area contributed by atoms with Crippen molar-refractivity contribution >= 4 is 41.2 Å². The Morgan fingerprint density at radius 2 is 1.80 bits per heavy atom. The van der Waals surface area contributed by atoms with Gasteiger partial charge in [0.15, 0.2) is 0 Å². The highest BCUT2D eigenvalue weighted by molar-refractivity contribution is 6.39. The molecule has 1 aromatic rings. The number of nitrogens with one attached hydrogen (secondary N) is 1. The number of carbonyl (C=O) groups is 2. The van der Waals surface area contributed by atoms with E-state index in [2.05, 4.69) is 5.32 Å². The highest BCUT2D eigenvalue weighted by atomic mass is 35.5. The second kappa shape index (κ2) is 6.92. The molecule has 1 heterocycles. The van der Waals surface area contributed by atoms with Crippen LogP contribution in [-0.2, 0) is 9.59 Å². The van der Waals surface area contributed by atoms with E-state index in [1.807, 2.05) is 4.90 Å². The van der Waals surface area contributed by atoms with Crippen LogP contribution in [0.25, 0.3) is 0 Å². The van der Waals surface area contributed by atoms with Gasteiger partial charge in [0.25, 0.3) is 0 Å². The standard InChI is InChI=1S/C13H15Cl2N3O2/c14-10-2-1-3-11(15)13(10)16-12(20)8-17-4-6-18(9-19)7-5-17/h1-3,9H,4-8H2,(H,16,20). The number of benzene rings is 1. The van der Waals surface area contributed by atoms with Crippen molar-refractivity contribution in [1.29, 1.82) is 0 Å². The van der Waals surface area contributed by atoms with Crippen LogP contribution in [0.2, 0.25) is 10.0 Å². The molecule has 1 fully saturated rings. The molecule has 0 spiro atoms. The Labute approximate surface area is 127 Å². The molecule has 1 saturated heterocycles. The molecule has 0 radical (unpaired) electrons. The van der Waals surface area contributed by atoms with Crippen LogP contribution in [0, 0.1) is 0 Å². The Hall–Kier alpha value is -1.30. The summed E-state index contributed by atoms with van der Waals surface area (Å²) in [7, 11) is 0. The molecule has 2 amide bonds. The predicted molar refractivity (Wildman–Crippen MR) is 79.2 cm³/mol. The van der Waals surface area contributed by atoms with E-state index in [1.165, 1.54) is 0 Å². The first-order chi connectivity index (χ1) is 9.60. The lowest BCUT2D eigenvalue weighted by Gasteiger charge is -2.31. The lowest BCUT2D eigenvalue weighted by molar-refractivity contribution is -0.120. The molecule has 1 N–H and O–H groups in total. The molecular formula is C13H15Cl2N3O2. The molecular weight excluding hydrogens is 301 g/mol. The van der Waals surface area contributed by atoms with Gasteiger partial charge in [-0.1, -0.05) is 29.3 Å². The second-order valence-electron chi connectivity index (χ2n) is 4.56. The third-order valence-electron chi connectivity index (χ3n) is 3.15. The summed E-state index contributed by atoms with van der Waals surface area (Å²) < 4.78 is 0. The summed E-state index contributed by atoms with van der Waals surface area (Å²) in [4.78, 5) is 26.3. The highest BCUT2D eigenvalue weighted by Gasteiger charge is 2.18. The number of hydrogen-bond acceptors (Lipinski definition) is 3. The summed E-state index contributed by atoms with van der Waals surface area (Å²) in [5.74, 6) is -0.167. The van der Waals surface area contributed by atoms with Crippen LogP contribution < -0.4 is 5.32 Å². The fourth-order valence-corrected chi connectivity index (χ4v) is 2.52. The Kier molecular flexibility index (Phi) is 5.23. The lowest BCUT2D eigenvalue weighted by Crippen LogP contribution is -2.48. The summed E-state index contributed by atoms with van der Waals surface area (Å²) in [6.07, 6.45) is 0.834. The van der Waals surface area contributed by atoms with Gasteiger partial charge in [-0.25, -0.2) is 0 Å². The first-order valence-corrected chi connectivity index (χ1v) is 7.01. The maximum absolute atomic E-state index is 12.0. The minimum Gasteiger partial charge on any atom is -0.343 e. The van der Waals surface area contributed by atoms with Crippen LogP contribution in [0.3, 0.4) is 0 Å². The van der Waals surface area contributed by atoms with Gasteiger partial charge in [-0.2, -0.15) is 0 Å². The van der Waals surface area contributed by atoms with Gasteiger partial charge in [0, 0.05) is 26.2 Å². The number of carbonyl (C=O) groups excluding carboxylic acids is 2. The van der Waals surface area contributed by atoms with Gasteiger partial charge in [0.05, 0.1) is 22.3 Å². The molecule has 2 rings (SSSR count). The van der Waals surface area contributed by atoms with Crippen LogP contribution in [-0.4, -0.2) is 54.8 Å². The molecule has 1 aromatic carbocycles. The number of hydrogen-bond donors (Lipinski definition) is 1. The minimum atomic E-state index is -0.167. The monoisotopic (exact) mass is 315 g/mol. The number of amides is 2. The molecule has 1 aliphatic rings. The number of piperazine rings is 1. The van der Waals surface area contributed by atoms with Crippen molar-refractivity contribution in [3.05, 3.63) is 28.2 Å². The molecule has 5 nitrogen and oxygen atoms in total. The number of rotatable bonds is 4. The van der Waals surface area contributed by atoms with Crippen LogP contribution in [0.4, 0.5) is 5.69 Å². The number of halogens is 2. The van der Waals surface area contributed by atoms with Gasteiger partial charge in [0.2, 0.25) is 12.3 Å². The largest absolute Gasteiger partial charge is 0.343 e. The van der Waals surface area contributed by atoms with Crippen molar-refractivity contribution in [2.24, 2.45) is 0 Å². The molecule has 0 unspecified atom stereocenters. The molecule has 0 saturated carbocycles.